The van der Waals surface area contributed by atoms with Crippen LogP contribution in [-0.2, 0) is 0 Å². The zero-order valence-corrected chi connectivity index (χ0v) is 11.4. The second-order valence-corrected chi connectivity index (χ2v) is 5.15. The molecule has 2 heterocycles. The van der Waals surface area contributed by atoms with Gasteiger partial charge < -0.3 is 19.7 Å². The maximum Gasteiger partial charge on any atom is 0.254 e. The van der Waals surface area contributed by atoms with E-state index >= 15 is 0 Å². The van der Waals surface area contributed by atoms with Crippen LogP contribution in [0.1, 0.15) is 17.3 Å². The van der Waals surface area contributed by atoms with Gasteiger partial charge in [0.1, 0.15) is 0 Å². The minimum absolute atomic E-state index is 0.0193. The summed E-state index contributed by atoms with van der Waals surface area (Å²) < 4.78 is 10.5. The van der Waals surface area contributed by atoms with Crippen molar-refractivity contribution >= 4 is 17.5 Å². The van der Waals surface area contributed by atoms with Gasteiger partial charge in [-0.3, -0.25) is 4.79 Å². The van der Waals surface area contributed by atoms with Crippen LogP contribution in [0.15, 0.2) is 12.1 Å². The van der Waals surface area contributed by atoms with E-state index in [1.54, 1.807) is 12.1 Å². The smallest absolute Gasteiger partial charge is 0.254 e. The van der Waals surface area contributed by atoms with Crippen LogP contribution in [-0.4, -0.2) is 43.3 Å². The largest absolute Gasteiger partial charge is 0.454 e. The molecular formula is C13H15ClN2O3. The summed E-state index contributed by atoms with van der Waals surface area (Å²) in [4.78, 5) is 14.4. The highest BCUT2D eigenvalue weighted by Gasteiger charge is 2.27. The third-order valence-corrected chi connectivity index (χ3v) is 3.72. The van der Waals surface area contributed by atoms with Crippen LogP contribution in [0.3, 0.4) is 0 Å². The third-order valence-electron chi connectivity index (χ3n) is 3.44. The maximum atomic E-state index is 12.5. The van der Waals surface area contributed by atoms with Crippen LogP contribution < -0.4 is 14.8 Å². The molecule has 3 rings (SSSR count). The molecule has 2 aliphatic heterocycles. The minimum atomic E-state index is -0.0193. The fourth-order valence-corrected chi connectivity index (χ4v) is 2.66. The van der Waals surface area contributed by atoms with Crippen molar-refractivity contribution in [1.29, 1.82) is 0 Å². The van der Waals surface area contributed by atoms with Gasteiger partial charge in [-0.05, 0) is 19.1 Å². The Bertz CT molecular complexity index is 521. The van der Waals surface area contributed by atoms with Gasteiger partial charge in [-0.2, -0.15) is 0 Å². The Morgan fingerprint density at radius 2 is 2.32 bits per heavy atom. The van der Waals surface area contributed by atoms with Crippen LogP contribution in [0, 0.1) is 0 Å². The van der Waals surface area contributed by atoms with Crippen LogP contribution >= 0.6 is 11.6 Å². The number of halogens is 1. The van der Waals surface area contributed by atoms with Crippen LogP contribution in [0.4, 0.5) is 0 Å². The molecule has 1 fully saturated rings. The van der Waals surface area contributed by atoms with Crippen molar-refractivity contribution in [1.82, 2.24) is 10.2 Å². The van der Waals surface area contributed by atoms with Crippen molar-refractivity contribution < 1.29 is 14.3 Å². The van der Waals surface area contributed by atoms with E-state index in [0.29, 0.717) is 28.6 Å². The number of hydrogen-bond acceptors (Lipinski definition) is 4. The Hall–Kier alpha value is -1.46. The monoisotopic (exact) mass is 282 g/mol. The van der Waals surface area contributed by atoms with Gasteiger partial charge in [-0.1, -0.05) is 11.6 Å². The summed E-state index contributed by atoms with van der Waals surface area (Å²) >= 11 is 6.11. The number of nitrogens with zero attached hydrogens (tertiary/aromatic N) is 1. The molecule has 1 atom stereocenters. The first-order chi connectivity index (χ1) is 9.16. The molecular weight excluding hydrogens is 268 g/mol. The molecule has 1 N–H and O–H groups in total. The molecule has 1 aromatic carbocycles. The van der Waals surface area contributed by atoms with Crippen LogP contribution in [0.25, 0.3) is 0 Å². The molecule has 19 heavy (non-hydrogen) atoms. The summed E-state index contributed by atoms with van der Waals surface area (Å²) in [6, 6.07) is 3.52. The first-order valence-corrected chi connectivity index (χ1v) is 6.65. The molecule has 1 amide bonds. The topological polar surface area (TPSA) is 50.8 Å². The third kappa shape index (κ3) is 2.24. The summed E-state index contributed by atoms with van der Waals surface area (Å²) in [5.74, 6) is 1.04. The summed E-state index contributed by atoms with van der Waals surface area (Å²) in [5, 5.41) is 3.68. The number of ether oxygens (including phenoxy) is 2. The van der Waals surface area contributed by atoms with Gasteiger partial charge in [-0.15, -0.1) is 0 Å². The molecule has 0 spiro atoms. The van der Waals surface area contributed by atoms with Gasteiger partial charge in [0.2, 0.25) is 6.79 Å². The highest BCUT2D eigenvalue weighted by Crippen LogP contribution is 2.40. The lowest BCUT2D eigenvalue weighted by atomic mass is 10.1. The molecule has 0 aromatic heterocycles. The number of carbonyl (C=O) groups is 1. The normalized spacial score (nSPS) is 21.6. The van der Waals surface area contributed by atoms with Crippen molar-refractivity contribution in [3.63, 3.8) is 0 Å². The Morgan fingerprint density at radius 3 is 3.11 bits per heavy atom. The molecule has 1 saturated heterocycles. The quantitative estimate of drug-likeness (QED) is 0.848. The van der Waals surface area contributed by atoms with E-state index in [-0.39, 0.29) is 18.7 Å². The molecule has 0 radical (unpaired) electrons. The molecule has 0 saturated carbocycles. The lowest BCUT2D eigenvalue weighted by molar-refractivity contribution is 0.0655. The SMILES string of the molecule is C[C@@H]1CNCCN1C(=O)c1cc(Cl)c2c(c1)OCO2. The van der Waals surface area contributed by atoms with Gasteiger partial charge in [0.25, 0.3) is 5.91 Å². The number of nitrogens with one attached hydrogen (secondary N) is 1. The van der Waals surface area contributed by atoms with Crippen LogP contribution in [0.5, 0.6) is 11.5 Å². The first kappa shape index (κ1) is 12.6. The molecule has 0 aliphatic carbocycles. The number of carbonyl (C=O) groups excluding carboxylic acids is 1. The summed E-state index contributed by atoms with van der Waals surface area (Å²) in [6.45, 7) is 4.50. The lowest BCUT2D eigenvalue weighted by Gasteiger charge is -2.34. The fourth-order valence-electron chi connectivity index (χ4n) is 2.40. The van der Waals surface area contributed by atoms with E-state index in [1.165, 1.54) is 0 Å². The molecule has 1 aromatic rings. The van der Waals surface area contributed by atoms with E-state index in [9.17, 15) is 4.79 Å². The van der Waals surface area contributed by atoms with Gasteiger partial charge in [0.15, 0.2) is 11.5 Å². The molecule has 6 heteroatoms. The van der Waals surface area contributed by atoms with Gasteiger partial charge >= 0.3 is 0 Å². The molecule has 2 aliphatic rings. The number of fused-ring (bicyclic) bond motifs is 1. The Kier molecular flexibility index (Phi) is 3.24. The molecule has 0 bridgehead atoms. The van der Waals surface area contributed by atoms with Crippen molar-refractivity contribution in [3.05, 3.63) is 22.7 Å². The van der Waals surface area contributed by atoms with Crippen molar-refractivity contribution in [2.24, 2.45) is 0 Å². The Balaban J connectivity index is 1.89. The maximum absolute atomic E-state index is 12.5. The van der Waals surface area contributed by atoms with E-state index in [0.717, 1.165) is 13.1 Å². The average Bonchev–Trinajstić information content (AvgIpc) is 2.87. The van der Waals surface area contributed by atoms with Crippen molar-refractivity contribution in [2.75, 3.05) is 26.4 Å². The van der Waals surface area contributed by atoms with Crippen molar-refractivity contribution in [3.8, 4) is 11.5 Å². The van der Waals surface area contributed by atoms with Gasteiger partial charge in [-0.25, -0.2) is 0 Å². The van der Waals surface area contributed by atoms with E-state index in [1.807, 2.05) is 11.8 Å². The van der Waals surface area contributed by atoms with Crippen LogP contribution in [0.2, 0.25) is 5.02 Å². The zero-order chi connectivity index (χ0) is 13.4. The lowest BCUT2D eigenvalue weighted by Crippen LogP contribution is -2.52. The highest BCUT2D eigenvalue weighted by molar-refractivity contribution is 6.32. The van der Waals surface area contributed by atoms with E-state index in [4.69, 9.17) is 21.1 Å². The molecule has 5 nitrogen and oxygen atoms in total. The number of amides is 1. The number of rotatable bonds is 1. The van der Waals surface area contributed by atoms with Gasteiger partial charge in [0.05, 0.1) is 5.02 Å². The summed E-state index contributed by atoms with van der Waals surface area (Å²) in [7, 11) is 0. The Morgan fingerprint density at radius 1 is 1.47 bits per heavy atom. The number of piperazine rings is 1. The average molecular weight is 283 g/mol. The van der Waals surface area contributed by atoms with E-state index in [2.05, 4.69) is 5.32 Å². The van der Waals surface area contributed by atoms with Crippen molar-refractivity contribution in [2.45, 2.75) is 13.0 Å². The van der Waals surface area contributed by atoms with Gasteiger partial charge in [0, 0.05) is 31.2 Å². The fraction of sp³-hybridized carbons (Fsp3) is 0.462. The highest BCUT2D eigenvalue weighted by atomic mass is 35.5. The second kappa shape index (κ2) is 4.90. The Labute approximate surface area is 116 Å². The minimum Gasteiger partial charge on any atom is -0.454 e. The number of hydrogen-bond donors (Lipinski definition) is 1. The standard InChI is InChI=1S/C13H15ClN2O3/c1-8-6-15-2-3-16(8)13(17)9-4-10(14)12-11(5-9)18-7-19-12/h4-5,8,15H,2-3,6-7H2,1H3/t8-/m1/s1. The summed E-state index contributed by atoms with van der Waals surface area (Å²) in [5.41, 5.74) is 0.544. The molecule has 102 valence electrons. The summed E-state index contributed by atoms with van der Waals surface area (Å²) in [6.07, 6.45) is 0. The first-order valence-electron chi connectivity index (χ1n) is 6.27. The van der Waals surface area contributed by atoms with E-state index < -0.39 is 0 Å². The zero-order valence-electron chi connectivity index (χ0n) is 10.6. The second-order valence-electron chi connectivity index (χ2n) is 4.74. The predicted octanol–water partition coefficient (Wildman–Crippen LogP) is 1.50. The number of benzene rings is 1. The molecule has 0 unspecified atom stereocenters. The predicted molar refractivity (Wildman–Crippen MR) is 70.9 cm³/mol.